The fraction of sp³-hybridized carbons (Fsp3) is 0.538. The van der Waals surface area contributed by atoms with Crippen molar-refractivity contribution in [3.63, 3.8) is 0 Å². The molecule has 3 N–H and O–H groups in total. The molecule has 0 aromatic heterocycles. The standard InChI is InChI=1S/C26H38BrNO2/c1-2-3-4-5-9-18-26(30,23-14-16-24(27)17-15-23)25(21-28-19-10-11-20-29)22-12-7-6-8-13-22/h6-8,12-17,25,28-30H,2-5,9-11,18-21H2,1H3/t25-,26-/m0/s1. The highest BCUT2D eigenvalue weighted by Gasteiger charge is 2.38. The minimum atomic E-state index is -0.932. The third-order valence-corrected chi connectivity index (χ3v) is 6.42. The minimum Gasteiger partial charge on any atom is -0.396 e. The van der Waals surface area contributed by atoms with Crippen molar-refractivity contribution in [2.45, 2.75) is 69.8 Å². The van der Waals surface area contributed by atoms with Gasteiger partial charge in [0.2, 0.25) is 0 Å². The van der Waals surface area contributed by atoms with E-state index in [1.807, 2.05) is 18.2 Å². The van der Waals surface area contributed by atoms with Crippen LogP contribution in [0, 0.1) is 0 Å². The van der Waals surface area contributed by atoms with Gasteiger partial charge in [0, 0.05) is 23.5 Å². The number of hydrogen-bond acceptors (Lipinski definition) is 3. The first-order valence-corrected chi connectivity index (χ1v) is 12.3. The molecule has 0 unspecified atom stereocenters. The van der Waals surface area contributed by atoms with Crippen LogP contribution in [0.1, 0.15) is 75.3 Å². The lowest BCUT2D eigenvalue weighted by atomic mass is 9.74. The van der Waals surface area contributed by atoms with Crippen molar-refractivity contribution in [1.82, 2.24) is 5.32 Å². The van der Waals surface area contributed by atoms with Crippen LogP contribution < -0.4 is 5.32 Å². The molecule has 2 rings (SSSR count). The minimum absolute atomic E-state index is 0.0415. The summed E-state index contributed by atoms with van der Waals surface area (Å²) in [5.41, 5.74) is 1.21. The van der Waals surface area contributed by atoms with Gasteiger partial charge in [-0.2, -0.15) is 0 Å². The first-order chi connectivity index (χ1) is 14.6. The summed E-state index contributed by atoms with van der Waals surface area (Å²) in [6.45, 7) is 4.00. The molecule has 30 heavy (non-hydrogen) atoms. The molecule has 0 amide bonds. The van der Waals surface area contributed by atoms with Crippen molar-refractivity contribution in [2.75, 3.05) is 19.7 Å². The van der Waals surface area contributed by atoms with Crippen LogP contribution in [0.5, 0.6) is 0 Å². The number of aliphatic hydroxyl groups is 2. The Morgan fingerprint density at radius 2 is 1.60 bits per heavy atom. The summed E-state index contributed by atoms with van der Waals surface area (Å²) in [5, 5.41) is 24.7. The van der Waals surface area contributed by atoms with Crippen molar-refractivity contribution < 1.29 is 10.2 Å². The molecule has 2 aromatic carbocycles. The number of benzene rings is 2. The molecular formula is C26H38BrNO2. The molecule has 0 saturated carbocycles. The Kier molecular flexibility index (Phi) is 11.7. The Hall–Kier alpha value is -1.20. The first kappa shape index (κ1) is 25.1. The van der Waals surface area contributed by atoms with Crippen LogP contribution >= 0.6 is 15.9 Å². The zero-order chi connectivity index (χ0) is 21.7. The number of hydrogen-bond donors (Lipinski definition) is 3. The molecular weight excluding hydrogens is 438 g/mol. The lowest BCUT2D eigenvalue weighted by molar-refractivity contribution is -0.00409. The summed E-state index contributed by atoms with van der Waals surface area (Å²) >= 11 is 3.53. The third kappa shape index (κ3) is 7.81. The number of halogens is 1. The van der Waals surface area contributed by atoms with Gasteiger partial charge in [0.25, 0.3) is 0 Å². The largest absolute Gasteiger partial charge is 0.396 e. The Bertz CT molecular complexity index is 692. The monoisotopic (exact) mass is 475 g/mol. The Labute approximate surface area is 191 Å². The molecule has 2 atom stereocenters. The molecule has 0 saturated heterocycles. The van der Waals surface area contributed by atoms with Gasteiger partial charge in [-0.1, -0.05) is 97.4 Å². The molecule has 3 nitrogen and oxygen atoms in total. The van der Waals surface area contributed by atoms with Gasteiger partial charge in [-0.25, -0.2) is 0 Å². The average molecular weight is 476 g/mol. The van der Waals surface area contributed by atoms with Gasteiger partial charge < -0.3 is 15.5 Å². The number of aliphatic hydroxyl groups excluding tert-OH is 1. The second kappa shape index (κ2) is 14.0. The molecule has 0 heterocycles. The molecule has 0 aliphatic carbocycles. The van der Waals surface area contributed by atoms with E-state index in [0.29, 0.717) is 6.54 Å². The zero-order valence-corrected chi connectivity index (χ0v) is 19.9. The van der Waals surface area contributed by atoms with Gasteiger partial charge in [-0.05, 0) is 49.1 Å². The van der Waals surface area contributed by atoms with Gasteiger partial charge in [0.05, 0.1) is 5.60 Å². The van der Waals surface area contributed by atoms with E-state index in [9.17, 15) is 5.11 Å². The molecule has 0 aliphatic rings. The summed E-state index contributed by atoms with van der Waals surface area (Å²) in [7, 11) is 0. The molecule has 0 bridgehead atoms. The summed E-state index contributed by atoms with van der Waals surface area (Å²) < 4.78 is 1.02. The highest BCUT2D eigenvalue weighted by molar-refractivity contribution is 9.10. The zero-order valence-electron chi connectivity index (χ0n) is 18.3. The highest BCUT2D eigenvalue weighted by Crippen LogP contribution is 2.41. The smallest absolute Gasteiger partial charge is 0.0976 e. The van der Waals surface area contributed by atoms with E-state index in [4.69, 9.17) is 5.11 Å². The third-order valence-electron chi connectivity index (χ3n) is 5.89. The first-order valence-electron chi connectivity index (χ1n) is 11.5. The summed E-state index contributed by atoms with van der Waals surface area (Å²) in [6.07, 6.45) is 8.35. The van der Waals surface area contributed by atoms with Crippen LogP contribution in [0.4, 0.5) is 0 Å². The van der Waals surface area contributed by atoms with Crippen LogP contribution in [0.3, 0.4) is 0 Å². The van der Waals surface area contributed by atoms with E-state index < -0.39 is 5.60 Å². The van der Waals surface area contributed by atoms with Crippen LogP contribution in [0.2, 0.25) is 0 Å². The molecule has 0 spiro atoms. The molecule has 4 heteroatoms. The van der Waals surface area contributed by atoms with Crippen LogP contribution in [0.15, 0.2) is 59.1 Å². The van der Waals surface area contributed by atoms with E-state index in [0.717, 1.165) is 54.2 Å². The van der Waals surface area contributed by atoms with Gasteiger partial charge in [0.15, 0.2) is 0 Å². The van der Waals surface area contributed by atoms with E-state index in [2.05, 4.69) is 64.6 Å². The highest BCUT2D eigenvalue weighted by atomic mass is 79.9. The van der Waals surface area contributed by atoms with Crippen molar-refractivity contribution in [1.29, 1.82) is 0 Å². The Balaban J connectivity index is 2.26. The Morgan fingerprint density at radius 3 is 2.27 bits per heavy atom. The van der Waals surface area contributed by atoms with Gasteiger partial charge in [-0.3, -0.25) is 0 Å². The predicted molar refractivity (Wildman–Crippen MR) is 130 cm³/mol. The number of unbranched alkanes of at least 4 members (excludes halogenated alkanes) is 5. The topological polar surface area (TPSA) is 52.5 Å². The normalized spacial score (nSPS) is 14.4. The average Bonchev–Trinajstić information content (AvgIpc) is 2.77. The summed E-state index contributed by atoms with van der Waals surface area (Å²) in [6, 6.07) is 18.5. The molecule has 166 valence electrons. The quantitative estimate of drug-likeness (QED) is 0.271. The van der Waals surface area contributed by atoms with E-state index in [1.54, 1.807) is 0 Å². The second-order valence-corrected chi connectivity index (χ2v) is 9.11. The van der Waals surface area contributed by atoms with Gasteiger partial charge in [0.1, 0.15) is 0 Å². The van der Waals surface area contributed by atoms with Crippen molar-refractivity contribution in [3.05, 3.63) is 70.2 Å². The summed E-state index contributed by atoms with van der Waals surface area (Å²) in [4.78, 5) is 0. The maximum absolute atomic E-state index is 12.2. The van der Waals surface area contributed by atoms with E-state index >= 15 is 0 Å². The Morgan fingerprint density at radius 1 is 0.900 bits per heavy atom. The number of nitrogens with one attached hydrogen (secondary N) is 1. The maximum atomic E-state index is 12.2. The van der Waals surface area contributed by atoms with Gasteiger partial charge >= 0.3 is 0 Å². The number of rotatable bonds is 15. The lowest BCUT2D eigenvalue weighted by Gasteiger charge is -2.38. The van der Waals surface area contributed by atoms with Crippen LogP contribution in [-0.4, -0.2) is 29.9 Å². The molecule has 0 aliphatic heterocycles. The second-order valence-electron chi connectivity index (χ2n) is 8.19. The molecule has 2 aromatic rings. The van der Waals surface area contributed by atoms with E-state index in [-0.39, 0.29) is 12.5 Å². The fourth-order valence-electron chi connectivity index (χ4n) is 4.11. The van der Waals surface area contributed by atoms with Crippen LogP contribution in [-0.2, 0) is 5.60 Å². The SMILES string of the molecule is CCCCCCC[C@](O)(c1ccc(Br)cc1)[C@@H](CNCCCCO)c1ccccc1. The van der Waals surface area contributed by atoms with Gasteiger partial charge in [-0.15, -0.1) is 0 Å². The van der Waals surface area contributed by atoms with Crippen LogP contribution in [0.25, 0.3) is 0 Å². The summed E-state index contributed by atoms with van der Waals surface area (Å²) in [5.74, 6) is -0.0415. The lowest BCUT2D eigenvalue weighted by Crippen LogP contribution is -2.40. The maximum Gasteiger partial charge on any atom is 0.0976 e. The van der Waals surface area contributed by atoms with Crippen molar-refractivity contribution in [3.8, 4) is 0 Å². The fourth-order valence-corrected chi connectivity index (χ4v) is 4.38. The predicted octanol–water partition coefficient (Wildman–Crippen LogP) is 6.14. The molecule has 0 fully saturated rings. The van der Waals surface area contributed by atoms with Crippen molar-refractivity contribution in [2.24, 2.45) is 0 Å². The van der Waals surface area contributed by atoms with Crippen molar-refractivity contribution >= 4 is 15.9 Å². The van der Waals surface area contributed by atoms with E-state index in [1.165, 1.54) is 19.3 Å². The molecule has 0 radical (unpaired) electrons.